The summed E-state index contributed by atoms with van der Waals surface area (Å²) in [4.78, 5) is 2.46. The van der Waals surface area contributed by atoms with Crippen molar-refractivity contribution in [3.8, 4) is 0 Å². The summed E-state index contributed by atoms with van der Waals surface area (Å²) in [6, 6.07) is 7.13. The molecule has 1 saturated heterocycles. The molecule has 0 bridgehead atoms. The van der Waals surface area contributed by atoms with Crippen molar-refractivity contribution in [3.05, 3.63) is 27.7 Å². The van der Waals surface area contributed by atoms with Gasteiger partial charge in [0.2, 0.25) is 0 Å². The van der Waals surface area contributed by atoms with Crippen LogP contribution in [0.5, 0.6) is 0 Å². The fourth-order valence-electron chi connectivity index (χ4n) is 2.33. The van der Waals surface area contributed by atoms with Crippen LogP contribution < -0.4 is 10.2 Å². The van der Waals surface area contributed by atoms with E-state index in [1.54, 1.807) is 0 Å². The molecule has 0 aliphatic carbocycles. The molecule has 1 N–H and O–H groups in total. The van der Waals surface area contributed by atoms with E-state index >= 15 is 0 Å². The minimum absolute atomic E-state index is 0.517. The molecule has 1 aromatic carbocycles. The number of piperazine rings is 1. The molecule has 0 saturated carbocycles. The summed E-state index contributed by atoms with van der Waals surface area (Å²) >= 11 is 9.77. The molecule has 2 atom stereocenters. The molecule has 0 spiro atoms. The Labute approximate surface area is 116 Å². The van der Waals surface area contributed by atoms with E-state index in [9.17, 15) is 0 Å². The summed E-state index contributed by atoms with van der Waals surface area (Å²) < 4.78 is 1.01. The number of anilines is 1. The third-order valence-corrected chi connectivity index (χ3v) is 4.70. The van der Waals surface area contributed by atoms with E-state index in [0.29, 0.717) is 12.1 Å². The smallest absolute Gasteiger partial charge is 0.0595 e. The van der Waals surface area contributed by atoms with Crippen molar-refractivity contribution >= 4 is 33.2 Å². The molecule has 17 heavy (non-hydrogen) atoms. The van der Waals surface area contributed by atoms with Crippen molar-refractivity contribution in [2.75, 3.05) is 18.0 Å². The lowest BCUT2D eigenvalue weighted by Crippen LogP contribution is -2.55. The maximum atomic E-state index is 6.17. The molecule has 1 aliphatic heterocycles. The van der Waals surface area contributed by atoms with Gasteiger partial charge in [0, 0.05) is 25.2 Å². The van der Waals surface area contributed by atoms with E-state index in [0.717, 1.165) is 29.0 Å². The lowest BCUT2D eigenvalue weighted by Gasteiger charge is -2.41. The van der Waals surface area contributed by atoms with Gasteiger partial charge in [-0.05, 0) is 41.4 Å². The number of nitrogens with zero attached hydrogens (tertiary/aromatic N) is 1. The third kappa shape index (κ3) is 2.78. The summed E-state index contributed by atoms with van der Waals surface area (Å²) in [5.74, 6) is 0. The van der Waals surface area contributed by atoms with E-state index in [4.69, 9.17) is 11.6 Å². The molecule has 1 fully saturated rings. The van der Waals surface area contributed by atoms with E-state index < -0.39 is 0 Å². The van der Waals surface area contributed by atoms with Gasteiger partial charge >= 0.3 is 0 Å². The molecule has 0 aromatic heterocycles. The summed E-state index contributed by atoms with van der Waals surface area (Å²) in [6.45, 7) is 6.51. The number of rotatable bonds is 2. The first-order valence-corrected chi connectivity index (χ1v) is 7.24. The highest BCUT2D eigenvalue weighted by molar-refractivity contribution is 9.10. The molecule has 2 nitrogen and oxygen atoms in total. The first kappa shape index (κ1) is 13.2. The molecule has 1 heterocycles. The zero-order chi connectivity index (χ0) is 12.4. The van der Waals surface area contributed by atoms with Gasteiger partial charge in [-0.2, -0.15) is 0 Å². The quantitative estimate of drug-likeness (QED) is 0.895. The average molecular weight is 318 g/mol. The van der Waals surface area contributed by atoms with E-state index in [1.807, 2.05) is 12.1 Å². The van der Waals surface area contributed by atoms with Crippen LogP contribution in [0, 0.1) is 0 Å². The molecule has 1 aromatic rings. The Hall–Kier alpha value is -0.250. The fraction of sp³-hybridized carbons (Fsp3) is 0.538. The molecule has 0 amide bonds. The van der Waals surface area contributed by atoms with Crippen LogP contribution >= 0.6 is 27.5 Å². The van der Waals surface area contributed by atoms with Gasteiger partial charge in [-0.25, -0.2) is 0 Å². The molecular weight excluding hydrogens is 300 g/mol. The average Bonchev–Trinajstić information content (AvgIpc) is 2.33. The molecule has 4 heteroatoms. The predicted octanol–water partition coefficient (Wildman–Crippen LogP) is 3.68. The Kier molecular flexibility index (Phi) is 4.34. The van der Waals surface area contributed by atoms with Crippen LogP contribution in [0.15, 0.2) is 22.7 Å². The van der Waals surface area contributed by atoms with Gasteiger partial charge < -0.3 is 10.2 Å². The highest BCUT2D eigenvalue weighted by Gasteiger charge is 2.26. The number of hydrogen-bond donors (Lipinski definition) is 1. The van der Waals surface area contributed by atoms with Crippen molar-refractivity contribution in [2.24, 2.45) is 0 Å². The summed E-state index contributed by atoms with van der Waals surface area (Å²) in [7, 11) is 0. The van der Waals surface area contributed by atoms with Gasteiger partial charge in [0.1, 0.15) is 0 Å². The lowest BCUT2D eigenvalue weighted by molar-refractivity contribution is 0.402. The second kappa shape index (κ2) is 5.59. The lowest BCUT2D eigenvalue weighted by atomic mass is 10.1. The molecule has 2 unspecified atom stereocenters. The standard InChI is InChI=1S/C13H18BrClN2/c1-3-10-7-16-9(2)8-17(10)12-6-4-5-11(15)13(12)14/h4-6,9-10,16H,3,7-8H2,1-2H3. The Balaban J connectivity index is 2.32. The number of hydrogen-bond acceptors (Lipinski definition) is 2. The summed E-state index contributed by atoms with van der Waals surface area (Å²) in [5, 5.41) is 4.31. The number of benzene rings is 1. The Morgan fingerprint density at radius 1 is 1.53 bits per heavy atom. The highest BCUT2D eigenvalue weighted by atomic mass is 79.9. The van der Waals surface area contributed by atoms with Crippen molar-refractivity contribution in [1.82, 2.24) is 5.32 Å². The largest absolute Gasteiger partial charge is 0.365 e. The van der Waals surface area contributed by atoms with Crippen molar-refractivity contribution in [2.45, 2.75) is 32.4 Å². The number of halogens is 2. The number of nitrogens with one attached hydrogen (secondary N) is 1. The Morgan fingerprint density at radius 3 is 3.00 bits per heavy atom. The zero-order valence-electron chi connectivity index (χ0n) is 10.2. The molecule has 0 radical (unpaired) electrons. The molecule has 2 rings (SSSR count). The van der Waals surface area contributed by atoms with E-state index in [-0.39, 0.29) is 0 Å². The first-order chi connectivity index (χ1) is 8.13. The van der Waals surface area contributed by atoms with Crippen LogP contribution in [0.3, 0.4) is 0 Å². The summed E-state index contributed by atoms with van der Waals surface area (Å²) in [6.07, 6.45) is 1.14. The molecule has 1 aliphatic rings. The Bertz CT molecular complexity index is 397. The Morgan fingerprint density at radius 2 is 2.29 bits per heavy atom. The molecular formula is C13H18BrClN2. The van der Waals surface area contributed by atoms with Gasteiger partial charge in [0.15, 0.2) is 0 Å². The minimum Gasteiger partial charge on any atom is -0.365 e. The van der Waals surface area contributed by atoms with Crippen LogP contribution in [-0.4, -0.2) is 25.2 Å². The SMILES string of the molecule is CCC1CNC(C)CN1c1cccc(Cl)c1Br. The second-order valence-corrected chi connectivity index (χ2v) is 5.80. The van der Waals surface area contributed by atoms with Gasteiger partial charge in [0.25, 0.3) is 0 Å². The summed E-state index contributed by atoms with van der Waals surface area (Å²) in [5.41, 5.74) is 1.21. The second-order valence-electron chi connectivity index (χ2n) is 4.60. The zero-order valence-corrected chi connectivity index (χ0v) is 12.6. The van der Waals surface area contributed by atoms with Crippen LogP contribution in [-0.2, 0) is 0 Å². The maximum absolute atomic E-state index is 6.17. The van der Waals surface area contributed by atoms with Crippen molar-refractivity contribution in [3.63, 3.8) is 0 Å². The van der Waals surface area contributed by atoms with Crippen LogP contribution in [0.25, 0.3) is 0 Å². The first-order valence-electron chi connectivity index (χ1n) is 6.07. The topological polar surface area (TPSA) is 15.3 Å². The van der Waals surface area contributed by atoms with Crippen molar-refractivity contribution in [1.29, 1.82) is 0 Å². The van der Waals surface area contributed by atoms with Gasteiger partial charge in [0.05, 0.1) is 15.2 Å². The minimum atomic E-state index is 0.517. The van der Waals surface area contributed by atoms with Crippen LogP contribution in [0.4, 0.5) is 5.69 Å². The van der Waals surface area contributed by atoms with Gasteiger partial charge in [-0.15, -0.1) is 0 Å². The van der Waals surface area contributed by atoms with E-state index in [2.05, 4.69) is 46.1 Å². The normalized spacial score (nSPS) is 25.1. The maximum Gasteiger partial charge on any atom is 0.0595 e. The van der Waals surface area contributed by atoms with Crippen LogP contribution in [0.2, 0.25) is 5.02 Å². The van der Waals surface area contributed by atoms with Crippen LogP contribution in [0.1, 0.15) is 20.3 Å². The fourth-order valence-corrected chi connectivity index (χ4v) is 2.99. The van der Waals surface area contributed by atoms with Crippen molar-refractivity contribution < 1.29 is 0 Å². The molecule has 94 valence electrons. The van der Waals surface area contributed by atoms with Gasteiger partial charge in [-0.3, -0.25) is 0 Å². The monoisotopic (exact) mass is 316 g/mol. The highest BCUT2D eigenvalue weighted by Crippen LogP contribution is 2.34. The van der Waals surface area contributed by atoms with E-state index in [1.165, 1.54) is 5.69 Å². The third-order valence-electron chi connectivity index (χ3n) is 3.33. The van der Waals surface area contributed by atoms with Gasteiger partial charge in [-0.1, -0.05) is 24.6 Å². The predicted molar refractivity (Wildman–Crippen MR) is 78.0 cm³/mol.